The van der Waals surface area contributed by atoms with Crippen molar-refractivity contribution in [3.05, 3.63) is 82.4 Å². The zero-order valence-electron chi connectivity index (χ0n) is 19.2. The standard InChI is InChI=1S/C27H33ClN2O2S/c1-3-24(12-18-7-8-18)33(31,32)30-16-22(17-30)20-9-10-21-15-27(29-2)26(25(21)14-20)13-19-5-4-6-23(28)11-19/h3-6,9-11,14,18,22,24,26-27,29H,1,7-8,12-13,15-17H2,2H3. The third kappa shape index (κ3) is 4.66. The van der Waals surface area contributed by atoms with Crippen LogP contribution in [-0.4, -0.2) is 44.2 Å². The van der Waals surface area contributed by atoms with E-state index in [0.717, 1.165) is 37.1 Å². The molecule has 0 bridgehead atoms. The lowest BCUT2D eigenvalue weighted by atomic mass is 9.87. The summed E-state index contributed by atoms with van der Waals surface area (Å²) in [6.07, 6.45) is 6.63. The highest BCUT2D eigenvalue weighted by Gasteiger charge is 2.42. The van der Waals surface area contributed by atoms with Gasteiger partial charge in [0.2, 0.25) is 10.0 Å². The Hall–Kier alpha value is -1.66. The van der Waals surface area contributed by atoms with E-state index < -0.39 is 15.3 Å². The van der Waals surface area contributed by atoms with Crippen LogP contribution in [0.4, 0.5) is 0 Å². The number of hydrogen-bond acceptors (Lipinski definition) is 3. The van der Waals surface area contributed by atoms with E-state index in [1.807, 2.05) is 19.2 Å². The molecule has 2 fully saturated rings. The molecule has 2 aliphatic carbocycles. The Morgan fingerprint density at radius 3 is 2.67 bits per heavy atom. The average Bonchev–Trinajstić information content (AvgIpc) is 3.52. The molecule has 176 valence electrons. The van der Waals surface area contributed by atoms with Gasteiger partial charge in [-0.05, 0) is 66.6 Å². The van der Waals surface area contributed by atoms with E-state index in [9.17, 15) is 8.42 Å². The Morgan fingerprint density at radius 2 is 2.00 bits per heavy atom. The van der Waals surface area contributed by atoms with Crippen LogP contribution in [0, 0.1) is 5.92 Å². The van der Waals surface area contributed by atoms with Crippen molar-refractivity contribution in [2.45, 2.75) is 55.2 Å². The molecule has 6 heteroatoms. The van der Waals surface area contributed by atoms with Gasteiger partial charge < -0.3 is 5.32 Å². The van der Waals surface area contributed by atoms with Crippen LogP contribution in [0.2, 0.25) is 5.02 Å². The summed E-state index contributed by atoms with van der Waals surface area (Å²) in [6.45, 7) is 4.96. The van der Waals surface area contributed by atoms with Crippen LogP contribution in [0.25, 0.3) is 0 Å². The molecule has 1 aliphatic heterocycles. The normalized spacial score (nSPS) is 24.3. The van der Waals surface area contributed by atoms with Crippen molar-refractivity contribution in [2.75, 3.05) is 20.1 Å². The number of rotatable bonds is 9. The Bertz CT molecular complexity index is 1140. The van der Waals surface area contributed by atoms with Crippen molar-refractivity contribution in [1.82, 2.24) is 9.62 Å². The predicted molar refractivity (Wildman–Crippen MR) is 135 cm³/mol. The molecule has 2 aromatic carbocycles. The first-order valence-electron chi connectivity index (χ1n) is 12.0. The summed E-state index contributed by atoms with van der Waals surface area (Å²) in [5, 5.41) is 3.84. The van der Waals surface area contributed by atoms with Crippen LogP contribution in [0.5, 0.6) is 0 Å². The SMILES string of the molecule is C=CC(CC1CC1)S(=O)(=O)N1CC(c2ccc3c(c2)C(Cc2cccc(Cl)c2)C(NC)C3)C1. The zero-order chi connectivity index (χ0) is 23.2. The fourth-order valence-corrected chi connectivity index (χ4v) is 7.67. The highest BCUT2D eigenvalue weighted by atomic mass is 35.5. The Kier molecular flexibility index (Phi) is 6.43. The molecule has 1 heterocycles. The van der Waals surface area contributed by atoms with Crippen molar-refractivity contribution < 1.29 is 8.42 Å². The molecule has 5 rings (SSSR count). The second-order valence-corrected chi connectivity index (χ2v) is 12.6. The molecule has 3 atom stereocenters. The summed E-state index contributed by atoms with van der Waals surface area (Å²) in [5.74, 6) is 1.21. The first-order valence-corrected chi connectivity index (χ1v) is 13.9. The molecule has 0 spiro atoms. The second kappa shape index (κ2) is 9.18. The van der Waals surface area contributed by atoms with E-state index in [1.54, 1.807) is 10.4 Å². The van der Waals surface area contributed by atoms with Gasteiger partial charge in [-0.2, -0.15) is 0 Å². The number of hydrogen-bond donors (Lipinski definition) is 1. The number of nitrogens with one attached hydrogen (secondary N) is 1. The summed E-state index contributed by atoms with van der Waals surface area (Å²) in [7, 11) is -1.26. The lowest BCUT2D eigenvalue weighted by molar-refractivity contribution is 0.261. The minimum atomic E-state index is -3.30. The summed E-state index contributed by atoms with van der Waals surface area (Å²) >= 11 is 6.23. The van der Waals surface area contributed by atoms with Gasteiger partial charge in [0.1, 0.15) is 0 Å². The molecule has 3 unspecified atom stereocenters. The smallest absolute Gasteiger partial charge is 0.220 e. The third-order valence-electron chi connectivity index (χ3n) is 7.80. The number of halogens is 1. The van der Waals surface area contributed by atoms with Crippen molar-refractivity contribution >= 4 is 21.6 Å². The first-order chi connectivity index (χ1) is 15.9. The van der Waals surface area contributed by atoms with Crippen LogP contribution < -0.4 is 5.32 Å². The largest absolute Gasteiger partial charge is 0.316 e. The lowest BCUT2D eigenvalue weighted by Crippen LogP contribution is -2.51. The van der Waals surface area contributed by atoms with Gasteiger partial charge in [0.25, 0.3) is 0 Å². The van der Waals surface area contributed by atoms with E-state index in [2.05, 4.69) is 42.2 Å². The van der Waals surface area contributed by atoms with Crippen LogP contribution in [0.3, 0.4) is 0 Å². The van der Waals surface area contributed by atoms with Crippen molar-refractivity contribution in [3.8, 4) is 0 Å². The van der Waals surface area contributed by atoms with E-state index >= 15 is 0 Å². The Morgan fingerprint density at radius 1 is 1.21 bits per heavy atom. The molecule has 2 aromatic rings. The maximum atomic E-state index is 13.1. The first kappa shape index (κ1) is 23.1. The zero-order valence-corrected chi connectivity index (χ0v) is 20.8. The van der Waals surface area contributed by atoms with Gasteiger partial charge >= 0.3 is 0 Å². The summed E-state index contributed by atoms with van der Waals surface area (Å²) in [5.41, 5.74) is 5.29. The van der Waals surface area contributed by atoms with Crippen LogP contribution in [-0.2, 0) is 22.9 Å². The molecular formula is C27H33ClN2O2S. The van der Waals surface area contributed by atoms with Crippen molar-refractivity contribution in [3.63, 3.8) is 0 Å². The number of sulfonamides is 1. The van der Waals surface area contributed by atoms with Gasteiger partial charge in [-0.25, -0.2) is 12.7 Å². The fourth-order valence-electron chi connectivity index (χ4n) is 5.54. The molecule has 0 radical (unpaired) electrons. The minimum absolute atomic E-state index is 0.261. The molecule has 0 aromatic heterocycles. The quantitative estimate of drug-likeness (QED) is 0.515. The third-order valence-corrected chi connectivity index (χ3v) is 10.2. The van der Waals surface area contributed by atoms with Crippen LogP contribution >= 0.6 is 11.6 Å². The number of likely N-dealkylation sites (N-methyl/N-ethyl adjacent to an activating group) is 1. The summed E-state index contributed by atoms with van der Waals surface area (Å²) in [6, 6.07) is 15.3. The summed E-state index contributed by atoms with van der Waals surface area (Å²) in [4.78, 5) is 0. The number of nitrogens with zero attached hydrogens (tertiary/aromatic N) is 1. The van der Waals surface area contributed by atoms with Gasteiger partial charge in [-0.1, -0.05) is 60.9 Å². The maximum Gasteiger partial charge on any atom is 0.220 e. The van der Waals surface area contributed by atoms with E-state index in [0.29, 0.717) is 31.0 Å². The maximum absolute atomic E-state index is 13.1. The molecular weight excluding hydrogens is 452 g/mol. The Balaban J connectivity index is 1.31. The van der Waals surface area contributed by atoms with Gasteiger partial charge in [0.05, 0.1) is 5.25 Å². The van der Waals surface area contributed by atoms with Crippen LogP contribution in [0.15, 0.2) is 55.1 Å². The monoisotopic (exact) mass is 484 g/mol. The highest BCUT2D eigenvalue weighted by molar-refractivity contribution is 7.89. The van der Waals surface area contributed by atoms with Crippen molar-refractivity contribution in [2.24, 2.45) is 5.92 Å². The molecule has 33 heavy (non-hydrogen) atoms. The Labute approximate surface area is 203 Å². The number of benzene rings is 2. The van der Waals surface area contributed by atoms with E-state index in [4.69, 9.17) is 11.6 Å². The fraction of sp³-hybridized carbons (Fsp3) is 0.481. The lowest BCUT2D eigenvalue weighted by Gasteiger charge is -2.40. The molecule has 1 saturated heterocycles. The van der Waals surface area contributed by atoms with Gasteiger partial charge in [-0.15, -0.1) is 6.58 Å². The molecule has 4 nitrogen and oxygen atoms in total. The van der Waals surface area contributed by atoms with Crippen LogP contribution in [0.1, 0.15) is 53.4 Å². The highest BCUT2D eigenvalue weighted by Crippen LogP contribution is 2.41. The molecule has 3 aliphatic rings. The second-order valence-electron chi connectivity index (χ2n) is 10.0. The average molecular weight is 485 g/mol. The molecule has 1 saturated carbocycles. The minimum Gasteiger partial charge on any atom is -0.316 e. The van der Waals surface area contributed by atoms with E-state index in [-0.39, 0.29) is 5.92 Å². The van der Waals surface area contributed by atoms with Crippen molar-refractivity contribution in [1.29, 1.82) is 0 Å². The molecule has 1 N–H and O–H groups in total. The molecule has 0 amide bonds. The number of fused-ring (bicyclic) bond motifs is 1. The van der Waals surface area contributed by atoms with E-state index in [1.165, 1.54) is 22.3 Å². The van der Waals surface area contributed by atoms with Gasteiger partial charge in [-0.3, -0.25) is 0 Å². The summed E-state index contributed by atoms with van der Waals surface area (Å²) < 4.78 is 27.8. The van der Waals surface area contributed by atoms with Gasteiger partial charge in [0, 0.05) is 36.0 Å². The topological polar surface area (TPSA) is 49.4 Å². The predicted octanol–water partition coefficient (Wildman–Crippen LogP) is 4.89. The van der Waals surface area contributed by atoms with Gasteiger partial charge in [0.15, 0.2) is 0 Å².